The van der Waals surface area contributed by atoms with Crippen molar-refractivity contribution in [2.75, 3.05) is 6.61 Å². The largest absolute Gasteiger partial charge is 0.491 e. The van der Waals surface area contributed by atoms with Crippen LogP contribution in [0.15, 0.2) is 10.5 Å². The molecule has 0 aliphatic carbocycles. The van der Waals surface area contributed by atoms with Crippen LogP contribution in [0.4, 0.5) is 17.6 Å². The second-order valence-electron chi connectivity index (χ2n) is 5.10. The van der Waals surface area contributed by atoms with E-state index in [9.17, 15) is 17.6 Å². The SMILES string of the molecule is CCOc1c([Si](C)(C)C)cc(Br)c(C(F)(F)F)c1F. The average Bonchev–Trinajstić information content (AvgIpc) is 2.18. The monoisotopic (exact) mass is 358 g/mol. The molecule has 1 nitrogen and oxygen atoms in total. The maximum atomic E-state index is 14.2. The van der Waals surface area contributed by atoms with Gasteiger partial charge < -0.3 is 4.74 Å². The fourth-order valence-electron chi connectivity index (χ4n) is 1.70. The van der Waals surface area contributed by atoms with E-state index >= 15 is 0 Å². The van der Waals surface area contributed by atoms with E-state index in [4.69, 9.17) is 4.74 Å². The van der Waals surface area contributed by atoms with Gasteiger partial charge in [-0.2, -0.15) is 13.2 Å². The third kappa shape index (κ3) is 3.50. The Morgan fingerprint density at radius 2 is 1.79 bits per heavy atom. The van der Waals surface area contributed by atoms with Crippen molar-refractivity contribution in [1.82, 2.24) is 0 Å². The van der Waals surface area contributed by atoms with Crippen LogP contribution in [-0.4, -0.2) is 14.7 Å². The van der Waals surface area contributed by atoms with Gasteiger partial charge in [0.25, 0.3) is 0 Å². The highest BCUT2D eigenvalue weighted by molar-refractivity contribution is 9.10. The lowest BCUT2D eigenvalue weighted by molar-refractivity contribution is -0.140. The first-order valence-corrected chi connectivity index (χ1v) is 10.0. The molecule has 0 saturated carbocycles. The zero-order chi connectivity index (χ0) is 15.0. The molecule has 0 N–H and O–H groups in total. The number of alkyl halides is 3. The summed E-state index contributed by atoms with van der Waals surface area (Å²) in [6, 6.07) is 1.34. The second kappa shape index (κ2) is 5.44. The molecule has 1 aromatic carbocycles. The van der Waals surface area contributed by atoms with Crippen LogP contribution in [0.2, 0.25) is 19.6 Å². The number of hydrogen-bond acceptors (Lipinski definition) is 1. The Hall–Kier alpha value is -0.563. The molecule has 7 heteroatoms. The summed E-state index contributed by atoms with van der Waals surface area (Å²) in [4.78, 5) is 0. The minimum atomic E-state index is -4.76. The van der Waals surface area contributed by atoms with Crippen LogP contribution < -0.4 is 9.92 Å². The minimum Gasteiger partial charge on any atom is -0.491 e. The van der Waals surface area contributed by atoms with Gasteiger partial charge in [-0.3, -0.25) is 0 Å². The Balaban J connectivity index is 3.64. The van der Waals surface area contributed by atoms with Gasteiger partial charge in [0.05, 0.1) is 14.7 Å². The van der Waals surface area contributed by atoms with Crippen LogP contribution in [0, 0.1) is 5.82 Å². The fraction of sp³-hybridized carbons (Fsp3) is 0.500. The van der Waals surface area contributed by atoms with Gasteiger partial charge in [-0.15, -0.1) is 0 Å². The summed E-state index contributed by atoms with van der Waals surface area (Å²) in [5.74, 6) is -1.60. The van der Waals surface area contributed by atoms with Crippen LogP contribution in [-0.2, 0) is 6.18 Å². The van der Waals surface area contributed by atoms with Crippen LogP contribution in [0.5, 0.6) is 5.75 Å². The Morgan fingerprint density at radius 3 is 2.16 bits per heavy atom. The van der Waals surface area contributed by atoms with Gasteiger partial charge in [-0.1, -0.05) is 35.6 Å². The van der Waals surface area contributed by atoms with E-state index in [-0.39, 0.29) is 16.8 Å². The van der Waals surface area contributed by atoms with Gasteiger partial charge in [0.15, 0.2) is 11.6 Å². The van der Waals surface area contributed by atoms with Crippen molar-refractivity contribution in [3.05, 3.63) is 21.9 Å². The van der Waals surface area contributed by atoms with Crippen molar-refractivity contribution in [3.63, 3.8) is 0 Å². The lowest BCUT2D eigenvalue weighted by Crippen LogP contribution is -2.40. The predicted molar refractivity (Wildman–Crippen MR) is 73.3 cm³/mol. The molecule has 0 aromatic heterocycles. The molecule has 0 aliphatic rings. The summed E-state index contributed by atoms with van der Waals surface area (Å²) >= 11 is 2.82. The predicted octanol–water partition coefficient (Wildman–Crippen LogP) is 4.55. The smallest absolute Gasteiger partial charge is 0.420 e. The number of halogens is 5. The topological polar surface area (TPSA) is 9.23 Å². The van der Waals surface area contributed by atoms with Crippen LogP contribution in [0.3, 0.4) is 0 Å². The van der Waals surface area contributed by atoms with E-state index in [0.29, 0.717) is 5.19 Å². The first-order chi connectivity index (χ1) is 8.50. The third-order valence-electron chi connectivity index (χ3n) is 2.55. The summed E-state index contributed by atoms with van der Waals surface area (Å²) in [5, 5.41) is 0.534. The Bertz CT molecular complexity index is 480. The quantitative estimate of drug-likeness (QED) is 0.568. The highest BCUT2D eigenvalue weighted by atomic mass is 79.9. The molecule has 0 unspecified atom stereocenters. The van der Waals surface area contributed by atoms with Crippen molar-refractivity contribution >= 4 is 29.2 Å². The molecule has 1 aromatic rings. The standard InChI is InChI=1S/C12H15BrF4OSi/c1-5-18-11-8(19(2,3)4)6-7(13)9(10(11)14)12(15,16)17/h6H,5H2,1-4H3. The maximum absolute atomic E-state index is 14.2. The Kier molecular flexibility index (Phi) is 4.72. The zero-order valence-electron chi connectivity index (χ0n) is 11.1. The molecular weight excluding hydrogens is 344 g/mol. The van der Waals surface area contributed by atoms with E-state index < -0.39 is 25.6 Å². The van der Waals surface area contributed by atoms with Crippen LogP contribution >= 0.6 is 15.9 Å². The van der Waals surface area contributed by atoms with Crippen molar-refractivity contribution < 1.29 is 22.3 Å². The highest BCUT2D eigenvalue weighted by Gasteiger charge is 2.40. The van der Waals surface area contributed by atoms with E-state index in [0.717, 1.165) is 0 Å². The van der Waals surface area contributed by atoms with Crippen molar-refractivity contribution in [1.29, 1.82) is 0 Å². The summed E-state index contributed by atoms with van der Waals surface area (Å²) in [6.45, 7) is 7.49. The highest BCUT2D eigenvalue weighted by Crippen LogP contribution is 2.39. The molecule has 0 saturated heterocycles. The zero-order valence-corrected chi connectivity index (χ0v) is 13.7. The first kappa shape index (κ1) is 16.5. The van der Waals surface area contributed by atoms with Gasteiger partial charge in [0, 0.05) is 4.47 Å². The van der Waals surface area contributed by atoms with Crippen molar-refractivity contribution in [2.24, 2.45) is 0 Å². The third-order valence-corrected chi connectivity index (χ3v) is 5.17. The van der Waals surface area contributed by atoms with Crippen LogP contribution in [0.25, 0.3) is 0 Å². The molecule has 0 radical (unpaired) electrons. The first-order valence-electron chi connectivity index (χ1n) is 5.72. The summed E-state index contributed by atoms with van der Waals surface area (Å²) < 4.78 is 57.5. The van der Waals surface area contributed by atoms with Gasteiger partial charge in [0.1, 0.15) is 5.56 Å². The maximum Gasteiger partial charge on any atom is 0.420 e. The molecular formula is C12H15BrF4OSi. The molecule has 0 amide bonds. The van der Waals surface area contributed by atoms with Gasteiger partial charge in [-0.05, 0) is 18.2 Å². The average molecular weight is 359 g/mol. The fourth-order valence-corrected chi connectivity index (χ4v) is 3.98. The number of rotatable bonds is 3. The summed E-state index contributed by atoms with van der Waals surface area (Å²) in [7, 11) is -2.02. The van der Waals surface area contributed by atoms with Gasteiger partial charge >= 0.3 is 6.18 Å². The van der Waals surface area contributed by atoms with Gasteiger partial charge in [0.2, 0.25) is 0 Å². The van der Waals surface area contributed by atoms with E-state index in [1.807, 2.05) is 19.6 Å². The Labute approximate surface area is 119 Å². The molecule has 0 spiro atoms. The minimum absolute atomic E-state index is 0.118. The second-order valence-corrected chi connectivity index (χ2v) is 11.0. The number of ether oxygens (including phenoxy) is 1. The molecule has 0 aliphatic heterocycles. The summed E-state index contributed by atoms with van der Waals surface area (Å²) in [5.41, 5.74) is -1.31. The number of hydrogen-bond donors (Lipinski definition) is 0. The van der Waals surface area contributed by atoms with Gasteiger partial charge in [-0.25, -0.2) is 4.39 Å². The lowest BCUT2D eigenvalue weighted by Gasteiger charge is -2.24. The number of benzene rings is 1. The molecule has 0 fully saturated rings. The van der Waals surface area contributed by atoms with E-state index in [2.05, 4.69) is 15.9 Å². The summed E-state index contributed by atoms with van der Waals surface area (Å²) in [6.07, 6.45) is -4.76. The molecule has 0 atom stereocenters. The molecule has 19 heavy (non-hydrogen) atoms. The van der Waals surface area contributed by atoms with E-state index in [1.54, 1.807) is 6.92 Å². The van der Waals surface area contributed by atoms with Crippen molar-refractivity contribution in [3.8, 4) is 5.75 Å². The Morgan fingerprint density at radius 1 is 1.26 bits per heavy atom. The van der Waals surface area contributed by atoms with E-state index in [1.165, 1.54) is 6.07 Å². The normalized spacial score (nSPS) is 12.7. The van der Waals surface area contributed by atoms with Crippen molar-refractivity contribution in [2.45, 2.75) is 32.7 Å². The molecule has 0 bridgehead atoms. The van der Waals surface area contributed by atoms with Crippen LogP contribution in [0.1, 0.15) is 12.5 Å². The molecule has 0 heterocycles. The molecule has 108 valence electrons. The molecule has 1 rings (SSSR count). The lowest BCUT2D eigenvalue weighted by atomic mass is 10.2.